The Morgan fingerprint density at radius 1 is 0.818 bits per heavy atom. The molecule has 2 aliphatic rings. The van der Waals surface area contributed by atoms with Gasteiger partial charge in [-0.1, -0.05) is 48.5 Å². The molecule has 6 nitrogen and oxygen atoms in total. The number of imidazole rings is 1. The van der Waals surface area contributed by atoms with Gasteiger partial charge in [0.2, 0.25) is 5.88 Å². The highest BCUT2D eigenvalue weighted by Crippen LogP contribution is 2.48. The summed E-state index contributed by atoms with van der Waals surface area (Å²) in [4.78, 5) is 9.99. The van der Waals surface area contributed by atoms with Gasteiger partial charge in [0.1, 0.15) is 17.2 Å². The van der Waals surface area contributed by atoms with Crippen LogP contribution in [0.25, 0.3) is 0 Å². The van der Waals surface area contributed by atoms with Crippen LogP contribution in [0.3, 0.4) is 0 Å². The Morgan fingerprint density at radius 3 is 2.33 bits per heavy atom. The zero-order chi connectivity index (χ0) is 22.5. The van der Waals surface area contributed by atoms with E-state index in [-0.39, 0.29) is 29.5 Å². The first kappa shape index (κ1) is 19.6. The van der Waals surface area contributed by atoms with E-state index in [9.17, 15) is 15.3 Å². The number of fused-ring (bicyclic) bond motifs is 5. The van der Waals surface area contributed by atoms with Gasteiger partial charge in [-0.15, -0.1) is 0 Å². The first-order valence-corrected chi connectivity index (χ1v) is 11.1. The lowest BCUT2D eigenvalue weighted by atomic mass is 10.0. The van der Waals surface area contributed by atoms with Gasteiger partial charge in [-0.2, -0.15) is 0 Å². The summed E-state index contributed by atoms with van der Waals surface area (Å²) in [6.07, 6.45) is 1.74. The summed E-state index contributed by atoms with van der Waals surface area (Å²) in [6, 6.07) is 22.3. The molecule has 0 saturated heterocycles. The van der Waals surface area contributed by atoms with Crippen LogP contribution in [0.4, 0.5) is 0 Å². The van der Waals surface area contributed by atoms with Crippen LogP contribution in [0.1, 0.15) is 45.9 Å². The summed E-state index contributed by atoms with van der Waals surface area (Å²) >= 11 is 0. The van der Waals surface area contributed by atoms with Crippen LogP contribution in [0.15, 0.2) is 77.8 Å². The van der Waals surface area contributed by atoms with Crippen molar-refractivity contribution >= 4 is 5.71 Å². The van der Waals surface area contributed by atoms with Crippen molar-refractivity contribution in [3.63, 3.8) is 0 Å². The molecular formula is C27H23N3O3. The van der Waals surface area contributed by atoms with E-state index >= 15 is 0 Å². The van der Waals surface area contributed by atoms with E-state index in [0.717, 1.165) is 28.0 Å². The van der Waals surface area contributed by atoms with Gasteiger partial charge in [0.25, 0.3) is 0 Å². The number of rotatable bonds is 4. The Kier molecular flexibility index (Phi) is 4.47. The lowest BCUT2D eigenvalue weighted by molar-refractivity contribution is 0.351. The van der Waals surface area contributed by atoms with E-state index < -0.39 is 0 Å². The van der Waals surface area contributed by atoms with Crippen molar-refractivity contribution in [2.75, 3.05) is 0 Å². The van der Waals surface area contributed by atoms with Crippen molar-refractivity contribution in [3.05, 3.63) is 107 Å². The molecule has 1 aliphatic carbocycles. The van der Waals surface area contributed by atoms with Crippen molar-refractivity contribution in [3.8, 4) is 17.4 Å². The molecule has 1 aliphatic heterocycles. The van der Waals surface area contributed by atoms with E-state index in [1.165, 1.54) is 0 Å². The Balaban J connectivity index is 1.45. The molecule has 3 N–H and O–H groups in total. The lowest BCUT2D eigenvalue weighted by Crippen LogP contribution is -2.26. The number of aliphatic imine (C=N–C) groups is 1. The van der Waals surface area contributed by atoms with Gasteiger partial charge in [0.15, 0.2) is 5.82 Å². The molecule has 2 unspecified atom stereocenters. The number of nitrogens with zero attached hydrogens (tertiary/aromatic N) is 3. The molecule has 0 fully saturated rings. The van der Waals surface area contributed by atoms with E-state index in [2.05, 4.69) is 12.1 Å². The van der Waals surface area contributed by atoms with Gasteiger partial charge < -0.3 is 15.3 Å². The van der Waals surface area contributed by atoms with E-state index in [1.807, 2.05) is 41.0 Å². The fourth-order valence-corrected chi connectivity index (χ4v) is 5.04. The largest absolute Gasteiger partial charge is 0.508 e. The molecule has 6 heteroatoms. The Morgan fingerprint density at radius 2 is 1.55 bits per heavy atom. The highest BCUT2D eigenvalue weighted by molar-refractivity contribution is 6.00. The molecule has 33 heavy (non-hydrogen) atoms. The minimum atomic E-state index is -0.131. The van der Waals surface area contributed by atoms with Crippen molar-refractivity contribution in [2.24, 2.45) is 4.99 Å². The summed E-state index contributed by atoms with van der Waals surface area (Å²) in [6.45, 7) is 0. The second-order valence-corrected chi connectivity index (χ2v) is 8.76. The van der Waals surface area contributed by atoms with Crippen molar-refractivity contribution < 1.29 is 15.3 Å². The molecule has 0 amide bonds. The van der Waals surface area contributed by atoms with Crippen LogP contribution in [0.5, 0.6) is 17.4 Å². The molecule has 1 aromatic heterocycles. The highest BCUT2D eigenvalue weighted by atomic mass is 16.3. The Bertz CT molecular complexity index is 1370. The average Bonchev–Trinajstić information content (AvgIpc) is 3.33. The van der Waals surface area contributed by atoms with Crippen molar-refractivity contribution in [2.45, 2.75) is 31.3 Å². The first-order valence-electron chi connectivity index (χ1n) is 11.1. The quantitative estimate of drug-likeness (QED) is 0.439. The van der Waals surface area contributed by atoms with Gasteiger partial charge >= 0.3 is 0 Å². The van der Waals surface area contributed by atoms with Crippen LogP contribution in [0.2, 0.25) is 0 Å². The van der Waals surface area contributed by atoms with E-state index in [4.69, 9.17) is 9.98 Å². The second kappa shape index (κ2) is 7.52. The molecule has 0 spiro atoms. The monoisotopic (exact) mass is 437 g/mol. The Labute approximate surface area is 191 Å². The van der Waals surface area contributed by atoms with Crippen LogP contribution in [-0.2, 0) is 19.3 Å². The molecule has 4 aromatic rings. The summed E-state index contributed by atoms with van der Waals surface area (Å²) in [5.41, 5.74) is 5.66. The molecule has 164 valence electrons. The zero-order valence-corrected chi connectivity index (χ0v) is 17.9. The molecule has 0 radical (unpaired) electrons. The smallest absolute Gasteiger partial charge is 0.215 e. The topological polar surface area (TPSA) is 90.9 Å². The summed E-state index contributed by atoms with van der Waals surface area (Å²) < 4.78 is 1.93. The summed E-state index contributed by atoms with van der Waals surface area (Å²) in [5, 5.41) is 30.9. The maximum Gasteiger partial charge on any atom is 0.215 e. The molecule has 2 heterocycles. The third kappa shape index (κ3) is 3.35. The van der Waals surface area contributed by atoms with Gasteiger partial charge in [-0.05, 0) is 52.9 Å². The third-order valence-electron chi connectivity index (χ3n) is 6.60. The SMILES string of the molecule is Oc1ccc(Cc2nc3n(c2O)C2Cc4cc(O)ccc4C2N=C3Cc2ccccc2)cc1. The maximum atomic E-state index is 11.3. The van der Waals surface area contributed by atoms with Crippen LogP contribution in [-0.4, -0.2) is 30.6 Å². The molecule has 6 rings (SSSR count). The molecule has 0 saturated carbocycles. The zero-order valence-electron chi connectivity index (χ0n) is 17.9. The predicted octanol–water partition coefficient (Wildman–Crippen LogP) is 4.47. The highest BCUT2D eigenvalue weighted by Gasteiger charge is 2.41. The second-order valence-electron chi connectivity index (χ2n) is 8.76. The van der Waals surface area contributed by atoms with E-state index in [1.54, 1.807) is 24.3 Å². The van der Waals surface area contributed by atoms with Gasteiger partial charge in [0.05, 0.1) is 17.8 Å². The van der Waals surface area contributed by atoms with Crippen LogP contribution in [0, 0.1) is 0 Å². The van der Waals surface area contributed by atoms with Crippen LogP contribution < -0.4 is 0 Å². The fourth-order valence-electron chi connectivity index (χ4n) is 5.04. The summed E-state index contributed by atoms with van der Waals surface area (Å²) in [5.74, 6) is 1.30. The number of hydrogen-bond acceptors (Lipinski definition) is 5. The van der Waals surface area contributed by atoms with Crippen LogP contribution >= 0.6 is 0 Å². The maximum absolute atomic E-state index is 11.3. The third-order valence-corrected chi connectivity index (χ3v) is 6.60. The van der Waals surface area contributed by atoms with Crippen molar-refractivity contribution in [1.82, 2.24) is 9.55 Å². The number of phenols is 2. The first-order chi connectivity index (χ1) is 16.1. The lowest BCUT2D eigenvalue weighted by Gasteiger charge is -2.27. The number of phenolic OH excluding ortho intramolecular Hbond substituents is 2. The molecular weight excluding hydrogens is 414 g/mol. The molecule has 0 bridgehead atoms. The number of aromatic hydroxyl groups is 3. The Hall–Kier alpha value is -4.06. The number of benzene rings is 3. The number of aromatic nitrogens is 2. The molecule has 2 atom stereocenters. The van der Waals surface area contributed by atoms with Crippen molar-refractivity contribution in [1.29, 1.82) is 0 Å². The number of hydrogen-bond donors (Lipinski definition) is 3. The van der Waals surface area contributed by atoms with E-state index in [0.29, 0.717) is 30.8 Å². The fraction of sp³-hybridized carbons (Fsp3) is 0.185. The standard InChI is InChI=1S/C27H23N3O3/c31-19-8-6-17(7-9-19)13-23-27(33)30-24-15-18-14-20(32)10-11-21(18)25(24)28-22(26(30)29-23)12-16-4-2-1-3-5-16/h1-11,14,24-25,31-33H,12-13,15H2. The summed E-state index contributed by atoms with van der Waals surface area (Å²) in [7, 11) is 0. The predicted molar refractivity (Wildman–Crippen MR) is 125 cm³/mol. The van der Waals surface area contributed by atoms with Gasteiger partial charge in [-0.3, -0.25) is 9.56 Å². The minimum absolute atomic E-state index is 0.0857. The normalized spacial score (nSPS) is 18.4. The van der Waals surface area contributed by atoms with Gasteiger partial charge in [-0.25, -0.2) is 4.98 Å². The minimum Gasteiger partial charge on any atom is -0.508 e. The van der Waals surface area contributed by atoms with Gasteiger partial charge in [0, 0.05) is 12.8 Å². The molecule has 3 aromatic carbocycles. The average molecular weight is 437 g/mol.